The van der Waals surface area contributed by atoms with Gasteiger partial charge in [0.25, 0.3) is 5.69 Å². The molecule has 1 fully saturated rings. The Labute approximate surface area is 129 Å². The van der Waals surface area contributed by atoms with E-state index in [2.05, 4.69) is 4.72 Å². The van der Waals surface area contributed by atoms with Gasteiger partial charge >= 0.3 is 0 Å². The van der Waals surface area contributed by atoms with Crippen LogP contribution in [0.2, 0.25) is 0 Å². The number of benzene rings is 1. The third-order valence-electron chi connectivity index (χ3n) is 3.56. The zero-order valence-corrected chi connectivity index (χ0v) is 13.0. The van der Waals surface area contributed by atoms with Gasteiger partial charge in [0.15, 0.2) is 0 Å². The largest absolute Gasteiger partial charge is 0.370 e. The lowest BCUT2D eigenvalue weighted by molar-refractivity contribution is -0.908. The summed E-state index contributed by atoms with van der Waals surface area (Å²) in [4.78, 5) is 11.4. The van der Waals surface area contributed by atoms with Crippen LogP contribution in [-0.4, -0.2) is 52.7 Å². The van der Waals surface area contributed by atoms with E-state index in [4.69, 9.17) is 4.74 Å². The van der Waals surface area contributed by atoms with E-state index in [0.717, 1.165) is 39.3 Å². The lowest BCUT2D eigenvalue weighted by atomic mass is 10.3. The first-order chi connectivity index (χ1) is 10.5. The second-order valence-corrected chi connectivity index (χ2v) is 6.88. The van der Waals surface area contributed by atoms with Crippen LogP contribution in [0.5, 0.6) is 0 Å². The fourth-order valence-corrected chi connectivity index (χ4v) is 3.36. The standard InChI is InChI=1S/C13H19N3O5S/c17-16(18)12-2-4-13(5-3-12)22(19,20)14-6-1-7-15-8-10-21-11-9-15/h2-5,14H,1,6-11H2/p+1. The molecule has 0 aromatic heterocycles. The van der Waals surface area contributed by atoms with Gasteiger partial charge in [-0.1, -0.05) is 0 Å². The maximum Gasteiger partial charge on any atom is 0.269 e. The highest BCUT2D eigenvalue weighted by atomic mass is 32.2. The highest BCUT2D eigenvalue weighted by molar-refractivity contribution is 7.89. The monoisotopic (exact) mass is 330 g/mol. The van der Waals surface area contributed by atoms with Crippen molar-refractivity contribution in [3.63, 3.8) is 0 Å². The van der Waals surface area contributed by atoms with Gasteiger partial charge in [-0.05, 0) is 12.1 Å². The molecule has 0 radical (unpaired) electrons. The fraction of sp³-hybridized carbons (Fsp3) is 0.538. The number of quaternary nitrogens is 1. The SMILES string of the molecule is O=[N+]([O-])c1ccc(S(=O)(=O)NCCC[NH+]2CCOCC2)cc1. The van der Waals surface area contributed by atoms with Gasteiger partial charge in [0.1, 0.15) is 13.1 Å². The third kappa shape index (κ3) is 4.73. The van der Waals surface area contributed by atoms with Crippen LogP contribution < -0.4 is 9.62 Å². The Bertz CT molecular complexity index is 597. The molecule has 0 bridgehead atoms. The van der Waals surface area contributed by atoms with Crippen molar-refractivity contribution in [1.29, 1.82) is 0 Å². The molecular formula is C13H20N3O5S+. The Morgan fingerprint density at radius 2 is 1.86 bits per heavy atom. The lowest BCUT2D eigenvalue weighted by Gasteiger charge is -2.23. The van der Waals surface area contributed by atoms with Crippen molar-refractivity contribution in [3.8, 4) is 0 Å². The molecule has 0 spiro atoms. The average Bonchev–Trinajstić information content (AvgIpc) is 2.53. The first-order valence-corrected chi connectivity index (χ1v) is 8.63. The minimum atomic E-state index is -3.61. The molecule has 2 rings (SSSR count). The van der Waals surface area contributed by atoms with Crippen LogP contribution in [-0.2, 0) is 14.8 Å². The minimum Gasteiger partial charge on any atom is -0.370 e. The van der Waals surface area contributed by atoms with E-state index in [-0.39, 0.29) is 10.6 Å². The second kappa shape index (κ2) is 7.63. The molecule has 0 saturated carbocycles. The Balaban J connectivity index is 1.81. The number of rotatable bonds is 7. The molecule has 1 aliphatic heterocycles. The van der Waals surface area contributed by atoms with Gasteiger partial charge < -0.3 is 9.64 Å². The number of hydrogen-bond acceptors (Lipinski definition) is 5. The van der Waals surface area contributed by atoms with Gasteiger partial charge in [0.05, 0.1) is 29.6 Å². The first-order valence-electron chi connectivity index (χ1n) is 7.14. The molecule has 122 valence electrons. The van der Waals surface area contributed by atoms with Crippen LogP contribution in [0.1, 0.15) is 6.42 Å². The van der Waals surface area contributed by atoms with E-state index in [1.807, 2.05) is 0 Å². The number of ether oxygens (including phenoxy) is 1. The summed E-state index contributed by atoms with van der Waals surface area (Å²) in [5, 5.41) is 10.6. The van der Waals surface area contributed by atoms with Crippen LogP contribution in [0.25, 0.3) is 0 Å². The Morgan fingerprint density at radius 3 is 2.45 bits per heavy atom. The molecule has 0 amide bonds. The highest BCUT2D eigenvalue weighted by Crippen LogP contribution is 2.15. The quantitative estimate of drug-likeness (QED) is 0.386. The molecule has 0 atom stereocenters. The zero-order chi connectivity index (χ0) is 16.0. The summed E-state index contributed by atoms with van der Waals surface area (Å²) in [5.74, 6) is 0. The van der Waals surface area contributed by atoms with Crippen molar-refractivity contribution in [2.45, 2.75) is 11.3 Å². The van der Waals surface area contributed by atoms with Gasteiger partial charge in [-0.25, -0.2) is 13.1 Å². The van der Waals surface area contributed by atoms with Crippen molar-refractivity contribution >= 4 is 15.7 Å². The summed E-state index contributed by atoms with van der Waals surface area (Å²) >= 11 is 0. The molecule has 1 saturated heterocycles. The van der Waals surface area contributed by atoms with Crippen molar-refractivity contribution < 1.29 is 23.0 Å². The zero-order valence-electron chi connectivity index (χ0n) is 12.2. The Kier molecular flexibility index (Phi) is 5.83. The van der Waals surface area contributed by atoms with Crippen molar-refractivity contribution in [2.75, 3.05) is 39.4 Å². The number of non-ortho nitro benzene ring substituents is 1. The third-order valence-corrected chi connectivity index (χ3v) is 5.03. The highest BCUT2D eigenvalue weighted by Gasteiger charge is 2.17. The molecule has 1 aromatic rings. The molecule has 0 aliphatic carbocycles. The molecule has 22 heavy (non-hydrogen) atoms. The van der Waals surface area contributed by atoms with Crippen LogP contribution in [0.3, 0.4) is 0 Å². The van der Waals surface area contributed by atoms with E-state index in [1.54, 1.807) is 0 Å². The van der Waals surface area contributed by atoms with Crippen LogP contribution in [0.15, 0.2) is 29.2 Å². The summed E-state index contributed by atoms with van der Waals surface area (Å²) in [5.41, 5.74) is -0.130. The minimum absolute atomic E-state index is 0.0387. The van der Waals surface area contributed by atoms with Gasteiger partial charge in [-0.2, -0.15) is 0 Å². The molecule has 1 aromatic carbocycles. The number of sulfonamides is 1. The molecule has 1 aliphatic rings. The van der Waals surface area contributed by atoms with E-state index in [0.29, 0.717) is 6.54 Å². The van der Waals surface area contributed by atoms with Gasteiger partial charge in [-0.15, -0.1) is 0 Å². The van der Waals surface area contributed by atoms with E-state index in [9.17, 15) is 18.5 Å². The van der Waals surface area contributed by atoms with Crippen molar-refractivity contribution in [1.82, 2.24) is 4.72 Å². The molecular weight excluding hydrogens is 310 g/mol. The molecule has 2 N–H and O–H groups in total. The summed E-state index contributed by atoms with van der Waals surface area (Å²) < 4.78 is 31.9. The summed E-state index contributed by atoms with van der Waals surface area (Å²) in [7, 11) is -3.61. The maximum atomic E-state index is 12.1. The van der Waals surface area contributed by atoms with Gasteiger partial charge in [-0.3, -0.25) is 10.1 Å². The number of morpholine rings is 1. The van der Waals surface area contributed by atoms with Gasteiger partial charge in [0, 0.05) is 25.1 Å². The van der Waals surface area contributed by atoms with E-state index < -0.39 is 14.9 Å². The Morgan fingerprint density at radius 1 is 1.23 bits per heavy atom. The number of nitrogens with one attached hydrogen (secondary N) is 2. The fourth-order valence-electron chi connectivity index (χ4n) is 2.29. The lowest BCUT2D eigenvalue weighted by Crippen LogP contribution is -3.14. The molecule has 9 heteroatoms. The normalized spacial score (nSPS) is 16.5. The number of nitrogens with zero attached hydrogens (tertiary/aromatic N) is 1. The molecule has 0 unspecified atom stereocenters. The topological polar surface area (TPSA) is 103 Å². The van der Waals surface area contributed by atoms with Crippen molar-refractivity contribution in [3.05, 3.63) is 34.4 Å². The van der Waals surface area contributed by atoms with Crippen LogP contribution in [0, 0.1) is 10.1 Å². The summed E-state index contributed by atoms with van der Waals surface area (Å²) in [6.07, 6.45) is 0.738. The second-order valence-electron chi connectivity index (χ2n) is 5.11. The summed E-state index contributed by atoms with van der Waals surface area (Å²) in [6, 6.07) is 4.86. The molecule has 8 nitrogen and oxygen atoms in total. The summed E-state index contributed by atoms with van der Waals surface area (Å²) in [6.45, 7) is 4.66. The smallest absolute Gasteiger partial charge is 0.269 e. The van der Waals surface area contributed by atoms with Crippen LogP contribution >= 0.6 is 0 Å². The van der Waals surface area contributed by atoms with E-state index >= 15 is 0 Å². The molecule has 1 heterocycles. The maximum absolute atomic E-state index is 12.1. The van der Waals surface area contributed by atoms with Gasteiger partial charge in [0.2, 0.25) is 10.0 Å². The van der Waals surface area contributed by atoms with Crippen molar-refractivity contribution in [2.24, 2.45) is 0 Å². The Hall–Kier alpha value is -1.55. The predicted molar refractivity (Wildman–Crippen MR) is 79.3 cm³/mol. The van der Waals surface area contributed by atoms with E-state index in [1.165, 1.54) is 29.2 Å². The first kappa shape index (κ1) is 16.8. The number of nitro groups is 1. The average molecular weight is 330 g/mol. The number of nitro benzene ring substituents is 1. The van der Waals surface area contributed by atoms with Crippen LogP contribution in [0.4, 0.5) is 5.69 Å². The predicted octanol–water partition coefficient (Wildman–Crippen LogP) is -0.822. The number of hydrogen-bond donors (Lipinski definition) is 2.